The van der Waals surface area contributed by atoms with Crippen molar-refractivity contribution in [1.29, 1.82) is 0 Å². The molecule has 2 aromatic heterocycles. The quantitative estimate of drug-likeness (QED) is 0.244. The number of hydrogen-bond acceptors (Lipinski definition) is 6. The van der Waals surface area contributed by atoms with E-state index in [4.69, 9.17) is 10.6 Å². The zero-order chi connectivity index (χ0) is 20.3. The number of nitrogens with zero attached hydrogens (tertiary/aromatic N) is 3. The third kappa shape index (κ3) is 6.01. The standard InChI is InChI=1S/C17H17FN5O3PS.HI/c1-23-5-4-20-17(23)28-14-6-11(13(19)7-12(14)18)16(24)22-15-3-2-10(8-21-15)9-27(25)26;/h2-8,27H,9,19H2,1H3,(H,25,26)(H,21,22,24);1H. The third-order valence-corrected chi connectivity index (χ3v) is 5.57. The van der Waals surface area contributed by atoms with Gasteiger partial charge in [-0.3, -0.25) is 9.36 Å². The molecule has 3 rings (SSSR count). The van der Waals surface area contributed by atoms with E-state index < -0.39 is 19.8 Å². The normalized spacial score (nSPS) is 11.6. The van der Waals surface area contributed by atoms with Crippen LogP contribution in [-0.4, -0.2) is 25.3 Å². The molecule has 0 bridgehead atoms. The van der Waals surface area contributed by atoms with Gasteiger partial charge in [0, 0.05) is 37.5 Å². The minimum absolute atomic E-state index is 0. The van der Waals surface area contributed by atoms with Crippen LogP contribution in [-0.2, 0) is 17.8 Å². The molecule has 0 aliphatic carbocycles. The van der Waals surface area contributed by atoms with Crippen molar-refractivity contribution < 1.29 is 18.6 Å². The van der Waals surface area contributed by atoms with E-state index >= 15 is 0 Å². The summed E-state index contributed by atoms with van der Waals surface area (Å²) in [6, 6.07) is 5.57. The highest BCUT2D eigenvalue weighted by atomic mass is 127. The molecule has 3 aromatic rings. The van der Waals surface area contributed by atoms with Crippen LogP contribution in [0.4, 0.5) is 15.9 Å². The Morgan fingerprint density at radius 3 is 2.72 bits per heavy atom. The van der Waals surface area contributed by atoms with Crippen molar-refractivity contribution in [2.45, 2.75) is 16.2 Å². The van der Waals surface area contributed by atoms with E-state index in [9.17, 15) is 13.8 Å². The fourth-order valence-corrected chi connectivity index (χ4v) is 3.76. The third-order valence-electron chi connectivity index (χ3n) is 3.75. The molecule has 1 unspecified atom stereocenters. The Hall–Kier alpha value is -1.95. The molecule has 1 amide bonds. The van der Waals surface area contributed by atoms with Crippen LogP contribution in [0.3, 0.4) is 0 Å². The van der Waals surface area contributed by atoms with Crippen LogP contribution >= 0.6 is 43.8 Å². The number of imidazole rings is 1. The number of hydrogen-bond donors (Lipinski definition) is 3. The molecule has 0 saturated heterocycles. The summed E-state index contributed by atoms with van der Waals surface area (Å²) < 4.78 is 26.9. The molecule has 1 atom stereocenters. The number of rotatable bonds is 6. The van der Waals surface area contributed by atoms with E-state index in [1.807, 2.05) is 0 Å². The minimum Gasteiger partial charge on any atom is -0.398 e. The lowest BCUT2D eigenvalue weighted by Crippen LogP contribution is -2.15. The van der Waals surface area contributed by atoms with Crippen LogP contribution in [0.1, 0.15) is 15.9 Å². The van der Waals surface area contributed by atoms with Gasteiger partial charge in [-0.25, -0.2) is 14.4 Å². The van der Waals surface area contributed by atoms with Gasteiger partial charge in [-0.1, -0.05) is 6.07 Å². The Kier molecular flexibility index (Phi) is 8.20. The van der Waals surface area contributed by atoms with Crippen molar-refractivity contribution >= 4 is 61.2 Å². The fourth-order valence-electron chi connectivity index (χ4n) is 2.35. The molecule has 0 aliphatic heterocycles. The van der Waals surface area contributed by atoms with Gasteiger partial charge in [0.05, 0.1) is 10.5 Å². The van der Waals surface area contributed by atoms with Crippen molar-refractivity contribution in [2.24, 2.45) is 7.05 Å². The molecule has 0 saturated carbocycles. The number of carbonyl (C=O) groups is 1. The van der Waals surface area contributed by atoms with E-state index in [1.54, 1.807) is 30.1 Å². The lowest BCUT2D eigenvalue weighted by molar-refractivity contribution is 0.102. The second-order valence-electron chi connectivity index (χ2n) is 5.87. The van der Waals surface area contributed by atoms with Gasteiger partial charge in [-0.15, -0.1) is 24.0 Å². The molecule has 154 valence electrons. The van der Waals surface area contributed by atoms with Gasteiger partial charge >= 0.3 is 0 Å². The number of pyridine rings is 1. The van der Waals surface area contributed by atoms with Crippen molar-refractivity contribution in [3.63, 3.8) is 0 Å². The van der Waals surface area contributed by atoms with Gasteiger partial charge in [0.2, 0.25) is 0 Å². The van der Waals surface area contributed by atoms with Gasteiger partial charge in [-0.2, -0.15) is 0 Å². The number of nitrogens with two attached hydrogens (primary N) is 1. The van der Waals surface area contributed by atoms with E-state index in [2.05, 4.69) is 15.3 Å². The molecular weight excluding hydrogens is 531 g/mol. The average molecular weight is 549 g/mol. The second kappa shape index (κ2) is 10.2. The number of aromatic nitrogens is 3. The van der Waals surface area contributed by atoms with Crippen LogP contribution in [0.15, 0.2) is 52.9 Å². The van der Waals surface area contributed by atoms with Gasteiger partial charge in [0.25, 0.3) is 5.91 Å². The number of amides is 1. The molecule has 4 N–H and O–H groups in total. The smallest absolute Gasteiger partial charge is 0.258 e. The Morgan fingerprint density at radius 2 is 2.14 bits per heavy atom. The summed E-state index contributed by atoms with van der Waals surface area (Å²) >= 11 is 1.08. The first-order valence-corrected chi connectivity index (χ1v) is 10.4. The maximum atomic E-state index is 14.3. The first-order chi connectivity index (χ1) is 13.3. The summed E-state index contributed by atoms with van der Waals surface area (Å²) in [4.78, 5) is 29.9. The molecule has 8 nitrogen and oxygen atoms in total. The summed E-state index contributed by atoms with van der Waals surface area (Å²) in [5.74, 6) is -0.854. The molecule has 0 aliphatic rings. The Balaban J connectivity index is 0.00000300. The van der Waals surface area contributed by atoms with Crippen molar-refractivity contribution in [3.05, 3.63) is 59.8 Å². The predicted octanol–water partition coefficient (Wildman–Crippen LogP) is 3.52. The molecule has 1 aromatic carbocycles. The first kappa shape index (κ1) is 23.3. The first-order valence-electron chi connectivity index (χ1n) is 8.05. The van der Waals surface area contributed by atoms with Crippen LogP contribution in [0, 0.1) is 5.82 Å². The van der Waals surface area contributed by atoms with Gasteiger partial charge in [0.1, 0.15) is 11.6 Å². The molecule has 2 heterocycles. The Bertz CT molecular complexity index is 1050. The SMILES string of the molecule is Cn1ccnc1Sc1cc(C(=O)Nc2ccc(C[PH](=O)O)cn2)c(N)cc1F.I. The predicted molar refractivity (Wildman–Crippen MR) is 121 cm³/mol. The van der Waals surface area contributed by atoms with Crippen LogP contribution < -0.4 is 11.1 Å². The van der Waals surface area contributed by atoms with Crippen LogP contribution in [0.25, 0.3) is 0 Å². The van der Waals surface area contributed by atoms with Crippen molar-refractivity contribution in [3.8, 4) is 0 Å². The summed E-state index contributed by atoms with van der Waals surface area (Å²) in [6.45, 7) is 0. The van der Waals surface area contributed by atoms with Crippen LogP contribution in [0.2, 0.25) is 0 Å². The molecule has 12 heteroatoms. The highest BCUT2D eigenvalue weighted by Gasteiger charge is 2.17. The largest absolute Gasteiger partial charge is 0.398 e. The van der Waals surface area contributed by atoms with E-state index in [1.165, 1.54) is 18.3 Å². The van der Waals surface area contributed by atoms with Crippen molar-refractivity contribution in [1.82, 2.24) is 14.5 Å². The van der Waals surface area contributed by atoms with Gasteiger partial charge in [0.15, 0.2) is 13.2 Å². The monoisotopic (exact) mass is 549 g/mol. The van der Waals surface area contributed by atoms with E-state index in [-0.39, 0.29) is 52.1 Å². The van der Waals surface area contributed by atoms with Crippen LogP contribution in [0.5, 0.6) is 0 Å². The van der Waals surface area contributed by atoms with E-state index in [0.29, 0.717) is 10.7 Å². The topological polar surface area (TPSA) is 123 Å². The summed E-state index contributed by atoms with van der Waals surface area (Å²) in [5.41, 5.74) is 6.50. The number of aryl methyl sites for hydroxylation is 1. The number of benzene rings is 1. The summed E-state index contributed by atoms with van der Waals surface area (Å²) in [7, 11) is -0.863. The highest BCUT2D eigenvalue weighted by molar-refractivity contribution is 14.0. The highest BCUT2D eigenvalue weighted by Crippen LogP contribution is 2.31. The minimum atomic E-state index is -2.64. The number of nitrogen functional groups attached to an aromatic ring is 1. The molecule has 0 fully saturated rings. The zero-order valence-corrected chi connectivity index (χ0v) is 19.3. The molecule has 0 spiro atoms. The lowest BCUT2D eigenvalue weighted by atomic mass is 10.1. The molecule has 29 heavy (non-hydrogen) atoms. The summed E-state index contributed by atoms with van der Waals surface area (Å²) in [5, 5.41) is 3.15. The lowest BCUT2D eigenvalue weighted by Gasteiger charge is -2.10. The number of anilines is 2. The number of nitrogens with one attached hydrogen (secondary N) is 1. The van der Waals surface area contributed by atoms with E-state index in [0.717, 1.165) is 17.8 Å². The summed E-state index contributed by atoms with van der Waals surface area (Å²) in [6.07, 6.45) is 4.75. The number of halogens is 2. The zero-order valence-electron chi connectivity index (χ0n) is 15.1. The van der Waals surface area contributed by atoms with Gasteiger partial charge in [-0.05, 0) is 35.5 Å². The average Bonchev–Trinajstić information content (AvgIpc) is 3.03. The Morgan fingerprint density at radius 1 is 1.38 bits per heavy atom. The maximum Gasteiger partial charge on any atom is 0.258 e. The number of carbonyl (C=O) groups excluding carboxylic acids is 1. The second-order valence-corrected chi connectivity index (χ2v) is 8.02. The van der Waals surface area contributed by atoms with Crippen molar-refractivity contribution in [2.75, 3.05) is 11.1 Å². The fraction of sp³-hybridized carbons (Fsp3) is 0.118. The molecule has 0 radical (unpaired) electrons. The maximum absolute atomic E-state index is 14.3. The molecular formula is C17H18FIN5O3PS. The Labute approximate surface area is 188 Å². The van der Waals surface area contributed by atoms with Gasteiger partial charge < -0.3 is 20.5 Å².